The number of H-pyrrole nitrogens is 1. The van der Waals surface area contributed by atoms with Crippen LogP contribution < -0.4 is 0 Å². The van der Waals surface area contributed by atoms with Crippen molar-refractivity contribution in [1.82, 2.24) is 10.1 Å². The van der Waals surface area contributed by atoms with Gasteiger partial charge in [0, 0.05) is 23.2 Å². The molecule has 0 saturated heterocycles. The summed E-state index contributed by atoms with van der Waals surface area (Å²) >= 11 is 0. The van der Waals surface area contributed by atoms with Crippen LogP contribution in [0.4, 0.5) is 0 Å². The van der Waals surface area contributed by atoms with E-state index in [0.29, 0.717) is 5.56 Å². The third-order valence-electron chi connectivity index (χ3n) is 2.96. The van der Waals surface area contributed by atoms with E-state index in [1.165, 1.54) is 13.2 Å². The molecule has 0 aliphatic carbocycles. The van der Waals surface area contributed by atoms with Gasteiger partial charge in [-0.1, -0.05) is 23.4 Å². The highest BCUT2D eigenvalue weighted by Crippen LogP contribution is 2.21. The number of ketones is 1. The number of rotatable bonds is 3. The van der Waals surface area contributed by atoms with Crippen molar-refractivity contribution in [1.29, 1.82) is 0 Å². The Morgan fingerprint density at radius 3 is 2.90 bits per heavy atom. The summed E-state index contributed by atoms with van der Waals surface area (Å²) in [5.74, 6) is -0.994. The summed E-state index contributed by atoms with van der Waals surface area (Å²) in [5.41, 5.74) is 1.28. The van der Waals surface area contributed by atoms with E-state index in [-0.39, 0.29) is 17.2 Å². The van der Waals surface area contributed by atoms with Crippen LogP contribution in [0.2, 0.25) is 0 Å². The zero-order chi connectivity index (χ0) is 14.1. The number of nitrogens with one attached hydrogen (secondary N) is 1. The predicted octanol–water partition coefficient (Wildman–Crippen LogP) is 2.17. The van der Waals surface area contributed by atoms with Gasteiger partial charge in [-0.3, -0.25) is 4.79 Å². The summed E-state index contributed by atoms with van der Waals surface area (Å²) in [5, 5.41) is 4.30. The lowest BCUT2D eigenvalue weighted by molar-refractivity contribution is 0.0588. The molecule has 2 aromatic heterocycles. The summed E-state index contributed by atoms with van der Waals surface area (Å²) in [7, 11) is 1.23. The summed E-state index contributed by atoms with van der Waals surface area (Å²) in [4.78, 5) is 26.6. The Morgan fingerprint density at radius 2 is 2.10 bits per heavy atom. The van der Waals surface area contributed by atoms with Crippen LogP contribution in [-0.2, 0) is 4.74 Å². The van der Waals surface area contributed by atoms with Gasteiger partial charge in [0.2, 0.25) is 11.5 Å². The average molecular weight is 270 g/mol. The smallest absolute Gasteiger partial charge is 0.360 e. The van der Waals surface area contributed by atoms with Gasteiger partial charge in [0.05, 0.1) is 12.7 Å². The maximum absolute atomic E-state index is 12.3. The van der Waals surface area contributed by atoms with Crippen molar-refractivity contribution in [2.24, 2.45) is 0 Å². The first-order valence-corrected chi connectivity index (χ1v) is 5.86. The van der Waals surface area contributed by atoms with E-state index in [1.807, 2.05) is 24.3 Å². The lowest BCUT2D eigenvalue weighted by atomic mass is 10.1. The molecule has 0 radical (unpaired) electrons. The zero-order valence-corrected chi connectivity index (χ0v) is 10.5. The summed E-state index contributed by atoms with van der Waals surface area (Å²) in [6, 6.07) is 8.68. The van der Waals surface area contributed by atoms with Gasteiger partial charge in [-0.25, -0.2) is 4.79 Å². The number of aromatic amines is 1. The van der Waals surface area contributed by atoms with Crippen molar-refractivity contribution in [2.45, 2.75) is 0 Å². The molecule has 0 amide bonds. The monoisotopic (exact) mass is 270 g/mol. The van der Waals surface area contributed by atoms with Gasteiger partial charge in [0.15, 0.2) is 5.69 Å². The van der Waals surface area contributed by atoms with Gasteiger partial charge in [-0.05, 0) is 6.07 Å². The van der Waals surface area contributed by atoms with Gasteiger partial charge in [-0.15, -0.1) is 0 Å². The number of ether oxygens (including phenoxy) is 1. The van der Waals surface area contributed by atoms with E-state index >= 15 is 0 Å². The minimum Gasteiger partial charge on any atom is -0.464 e. The number of esters is 1. The van der Waals surface area contributed by atoms with Crippen LogP contribution in [0.5, 0.6) is 0 Å². The Bertz CT molecular complexity index is 800. The lowest BCUT2D eigenvalue weighted by Gasteiger charge is -1.93. The number of hydrogen-bond donors (Lipinski definition) is 1. The summed E-state index contributed by atoms with van der Waals surface area (Å²) in [6.07, 6.45) is 1.60. The van der Waals surface area contributed by atoms with E-state index < -0.39 is 5.97 Å². The van der Waals surface area contributed by atoms with Crippen molar-refractivity contribution in [3.63, 3.8) is 0 Å². The molecule has 1 aromatic carbocycles. The van der Waals surface area contributed by atoms with Gasteiger partial charge in [0.25, 0.3) is 0 Å². The number of benzene rings is 1. The van der Waals surface area contributed by atoms with Crippen LogP contribution in [0, 0.1) is 0 Å². The number of carbonyl (C=O) groups excluding carboxylic acids is 2. The van der Waals surface area contributed by atoms with Crippen LogP contribution in [0.3, 0.4) is 0 Å². The minimum absolute atomic E-state index is 0.00449. The molecule has 0 saturated carbocycles. The van der Waals surface area contributed by atoms with Crippen LogP contribution in [-0.4, -0.2) is 29.0 Å². The largest absolute Gasteiger partial charge is 0.464 e. The van der Waals surface area contributed by atoms with E-state index in [2.05, 4.69) is 14.9 Å². The fourth-order valence-electron chi connectivity index (χ4n) is 1.98. The van der Waals surface area contributed by atoms with E-state index in [0.717, 1.165) is 10.9 Å². The number of aromatic nitrogens is 2. The SMILES string of the molecule is COC(=O)c1cc(C(=O)c2c[nH]c3ccccc23)on1. The van der Waals surface area contributed by atoms with E-state index in [9.17, 15) is 9.59 Å². The normalized spacial score (nSPS) is 10.7. The third-order valence-corrected chi connectivity index (χ3v) is 2.96. The molecule has 0 spiro atoms. The van der Waals surface area contributed by atoms with Crippen molar-refractivity contribution in [3.05, 3.63) is 53.5 Å². The van der Waals surface area contributed by atoms with E-state index in [4.69, 9.17) is 4.52 Å². The molecule has 0 aliphatic heterocycles. The Kier molecular flexibility index (Phi) is 2.83. The number of methoxy groups -OCH3 is 1. The zero-order valence-electron chi connectivity index (χ0n) is 10.5. The Labute approximate surface area is 113 Å². The second-order valence-electron chi connectivity index (χ2n) is 4.15. The summed E-state index contributed by atoms with van der Waals surface area (Å²) in [6.45, 7) is 0. The molecule has 0 unspecified atom stereocenters. The van der Waals surface area contributed by atoms with Gasteiger partial charge in [0.1, 0.15) is 0 Å². The Balaban J connectivity index is 2.00. The third kappa shape index (κ3) is 1.87. The van der Waals surface area contributed by atoms with Crippen LogP contribution in [0.25, 0.3) is 10.9 Å². The molecule has 3 rings (SSSR count). The van der Waals surface area contributed by atoms with Gasteiger partial charge in [-0.2, -0.15) is 0 Å². The van der Waals surface area contributed by atoms with Crippen molar-refractivity contribution in [2.75, 3.05) is 7.11 Å². The second kappa shape index (κ2) is 4.65. The number of fused-ring (bicyclic) bond motifs is 1. The number of hydrogen-bond acceptors (Lipinski definition) is 5. The number of para-hydroxylation sites is 1. The quantitative estimate of drug-likeness (QED) is 0.582. The molecule has 0 atom stereocenters. The van der Waals surface area contributed by atoms with E-state index in [1.54, 1.807) is 6.20 Å². The molecule has 100 valence electrons. The molecule has 0 fully saturated rings. The fourth-order valence-corrected chi connectivity index (χ4v) is 1.98. The molecule has 0 bridgehead atoms. The molecule has 0 aliphatic rings. The Morgan fingerprint density at radius 1 is 1.30 bits per heavy atom. The molecule has 20 heavy (non-hydrogen) atoms. The topological polar surface area (TPSA) is 85.2 Å². The number of carbonyl (C=O) groups is 2. The molecule has 2 heterocycles. The highest BCUT2D eigenvalue weighted by Gasteiger charge is 2.21. The first-order valence-electron chi connectivity index (χ1n) is 5.86. The first-order chi connectivity index (χ1) is 9.70. The van der Waals surface area contributed by atoms with Crippen LogP contribution in [0.1, 0.15) is 26.6 Å². The molecular formula is C14H10N2O4. The average Bonchev–Trinajstić information content (AvgIpc) is 3.12. The maximum Gasteiger partial charge on any atom is 0.360 e. The maximum atomic E-state index is 12.3. The van der Waals surface area contributed by atoms with Crippen LogP contribution >= 0.6 is 0 Å². The molecule has 6 nitrogen and oxygen atoms in total. The Hall–Kier alpha value is -2.89. The van der Waals surface area contributed by atoms with Gasteiger partial charge >= 0.3 is 5.97 Å². The highest BCUT2D eigenvalue weighted by atomic mass is 16.5. The standard InChI is InChI=1S/C14H10N2O4/c1-19-14(18)11-6-12(20-16-11)13(17)9-7-15-10-5-3-2-4-8(9)10/h2-7,15H,1H3. The van der Waals surface area contributed by atoms with Crippen LogP contribution in [0.15, 0.2) is 41.1 Å². The molecular weight excluding hydrogens is 260 g/mol. The predicted molar refractivity (Wildman–Crippen MR) is 69.6 cm³/mol. The van der Waals surface area contributed by atoms with Crippen molar-refractivity contribution < 1.29 is 18.8 Å². The van der Waals surface area contributed by atoms with Crippen molar-refractivity contribution >= 4 is 22.7 Å². The van der Waals surface area contributed by atoms with Gasteiger partial charge < -0.3 is 14.2 Å². The molecule has 3 aromatic rings. The second-order valence-corrected chi connectivity index (χ2v) is 4.15. The van der Waals surface area contributed by atoms with Crippen molar-refractivity contribution in [3.8, 4) is 0 Å². The highest BCUT2D eigenvalue weighted by molar-refractivity contribution is 6.15. The first kappa shape index (κ1) is 12.2. The molecule has 6 heteroatoms. The fraction of sp³-hybridized carbons (Fsp3) is 0.0714. The molecule has 1 N–H and O–H groups in total. The lowest BCUT2D eigenvalue weighted by Crippen LogP contribution is -2.01. The summed E-state index contributed by atoms with van der Waals surface area (Å²) < 4.78 is 9.42. The number of nitrogens with zero attached hydrogens (tertiary/aromatic N) is 1. The minimum atomic E-state index is -0.647.